The molecule has 0 amide bonds. The minimum absolute atomic E-state index is 0.227. The van der Waals surface area contributed by atoms with E-state index in [9.17, 15) is 0 Å². The van der Waals surface area contributed by atoms with Crippen molar-refractivity contribution in [3.8, 4) is 0 Å². The number of benzene rings is 2. The maximum atomic E-state index is 3.74. The Morgan fingerprint density at radius 1 is 0.952 bits per heavy atom. The van der Waals surface area contributed by atoms with E-state index in [2.05, 4.69) is 86.2 Å². The molecule has 2 heteroatoms. The third-order valence-electron chi connectivity index (χ3n) is 3.90. The number of rotatable bonds is 4. The standard InChI is InChI=1S/C19H24BrN/c1-6-21-19(16-8-7-12(2)11-17(16)20)18-14(4)9-13(3)10-15(18)5/h7-11,19,21H,6H2,1-5H3. The van der Waals surface area contributed by atoms with Crippen molar-refractivity contribution in [2.45, 2.75) is 40.7 Å². The van der Waals surface area contributed by atoms with Crippen LogP contribution in [0.3, 0.4) is 0 Å². The van der Waals surface area contributed by atoms with Crippen LogP contribution >= 0.6 is 15.9 Å². The Kier molecular flexibility index (Phi) is 5.23. The summed E-state index contributed by atoms with van der Waals surface area (Å²) in [5.74, 6) is 0. The largest absolute Gasteiger partial charge is 0.306 e. The molecule has 1 atom stereocenters. The fourth-order valence-corrected chi connectivity index (χ4v) is 3.81. The molecular formula is C19H24BrN. The first-order valence-electron chi connectivity index (χ1n) is 7.51. The van der Waals surface area contributed by atoms with Crippen molar-refractivity contribution >= 4 is 15.9 Å². The highest BCUT2D eigenvalue weighted by molar-refractivity contribution is 9.10. The molecule has 2 aromatic rings. The molecule has 1 N–H and O–H groups in total. The lowest BCUT2D eigenvalue weighted by molar-refractivity contribution is 0.622. The molecule has 112 valence electrons. The maximum Gasteiger partial charge on any atom is 0.0593 e. The van der Waals surface area contributed by atoms with Gasteiger partial charge in [0.15, 0.2) is 0 Å². The van der Waals surface area contributed by atoms with Gasteiger partial charge in [0.25, 0.3) is 0 Å². The Morgan fingerprint density at radius 3 is 2.10 bits per heavy atom. The smallest absolute Gasteiger partial charge is 0.0593 e. The van der Waals surface area contributed by atoms with E-state index in [4.69, 9.17) is 0 Å². The van der Waals surface area contributed by atoms with Crippen LogP contribution in [0.2, 0.25) is 0 Å². The summed E-state index contributed by atoms with van der Waals surface area (Å²) in [4.78, 5) is 0. The summed E-state index contributed by atoms with van der Waals surface area (Å²) < 4.78 is 1.17. The summed E-state index contributed by atoms with van der Waals surface area (Å²) in [7, 11) is 0. The van der Waals surface area contributed by atoms with Crippen LogP contribution in [-0.2, 0) is 0 Å². The highest BCUT2D eigenvalue weighted by Gasteiger charge is 2.19. The summed E-state index contributed by atoms with van der Waals surface area (Å²) in [6.07, 6.45) is 0. The predicted molar refractivity (Wildman–Crippen MR) is 95.1 cm³/mol. The van der Waals surface area contributed by atoms with Gasteiger partial charge in [-0.05, 0) is 68.1 Å². The molecule has 2 aromatic carbocycles. The number of hydrogen-bond donors (Lipinski definition) is 1. The van der Waals surface area contributed by atoms with Gasteiger partial charge in [0.2, 0.25) is 0 Å². The SMILES string of the molecule is CCNC(c1ccc(C)cc1Br)c1c(C)cc(C)cc1C. The van der Waals surface area contributed by atoms with E-state index in [-0.39, 0.29) is 6.04 Å². The molecule has 0 fully saturated rings. The number of hydrogen-bond acceptors (Lipinski definition) is 1. The lowest BCUT2D eigenvalue weighted by Gasteiger charge is -2.25. The van der Waals surface area contributed by atoms with E-state index in [0.29, 0.717) is 0 Å². The van der Waals surface area contributed by atoms with Crippen molar-refractivity contribution in [1.29, 1.82) is 0 Å². The highest BCUT2D eigenvalue weighted by atomic mass is 79.9. The topological polar surface area (TPSA) is 12.0 Å². The average Bonchev–Trinajstić information content (AvgIpc) is 2.37. The second kappa shape index (κ2) is 6.76. The third kappa shape index (κ3) is 3.56. The van der Waals surface area contributed by atoms with Gasteiger partial charge in [-0.15, -0.1) is 0 Å². The Morgan fingerprint density at radius 2 is 1.57 bits per heavy atom. The molecule has 0 aliphatic rings. The molecule has 0 bridgehead atoms. The van der Waals surface area contributed by atoms with Crippen LogP contribution in [-0.4, -0.2) is 6.54 Å². The molecule has 0 radical (unpaired) electrons. The van der Waals surface area contributed by atoms with Crippen LogP contribution in [0, 0.1) is 27.7 Å². The monoisotopic (exact) mass is 345 g/mol. The van der Waals surface area contributed by atoms with Crippen molar-refractivity contribution in [3.63, 3.8) is 0 Å². The van der Waals surface area contributed by atoms with Gasteiger partial charge in [-0.2, -0.15) is 0 Å². The minimum atomic E-state index is 0.227. The molecule has 0 saturated carbocycles. The Hall–Kier alpha value is -1.12. The third-order valence-corrected chi connectivity index (χ3v) is 4.59. The van der Waals surface area contributed by atoms with Gasteiger partial charge < -0.3 is 5.32 Å². The van der Waals surface area contributed by atoms with Crippen LogP contribution < -0.4 is 5.32 Å². The zero-order valence-electron chi connectivity index (χ0n) is 13.5. The molecule has 0 aliphatic carbocycles. The Balaban J connectivity index is 2.59. The molecule has 0 aromatic heterocycles. The van der Waals surface area contributed by atoms with Crippen molar-refractivity contribution in [3.05, 3.63) is 68.2 Å². The number of nitrogens with one attached hydrogen (secondary N) is 1. The minimum Gasteiger partial charge on any atom is -0.306 e. The Labute approximate surface area is 136 Å². The van der Waals surface area contributed by atoms with Crippen LogP contribution in [0.4, 0.5) is 0 Å². The first-order valence-corrected chi connectivity index (χ1v) is 8.30. The number of aryl methyl sites for hydroxylation is 4. The first kappa shape index (κ1) is 16.3. The maximum absolute atomic E-state index is 3.74. The van der Waals surface area contributed by atoms with Crippen molar-refractivity contribution in [2.24, 2.45) is 0 Å². The van der Waals surface area contributed by atoms with Crippen molar-refractivity contribution in [2.75, 3.05) is 6.54 Å². The quantitative estimate of drug-likeness (QED) is 0.783. The van der Waals surface area contributed by atoms with Crippen LogP contribution in [0.1, 0.15) is 46.3 Å². The van der Waals surface area contributed by atoms with Gasteiger partial charge in [0, 0.05) is 4.47 Å². The van der Waals surface area contributed by atoms with E-state index in [0.717, 1.165) is 6.54 Å². The fraction of sp³-hybridized carbons (Fsp3) is 0.368. The van der Waals surface area contributed by atoms with Gasteiger partial charge in [-0.25, -0.2) is 0 Å². The molecule has 2 rings (SSSR count). The van der Waals surface area contributed by atoms with E-state index < -0.39 is 0 Å². The van der Waals surface area contributed by atoms with Gasteiger partial charge in [0.1, 0.15) is 0 Å². The summed E-state index contributed by atoms with van der Waals surface area (Å²) in [6.45, 7) is 11.8. The summed E-state index contributed by atoms with van der Waals surface area (Å²) in [5, 5.41) is 3.65. The fourth-order valence-electron chi connectivity index (χ4n) is 3.08. The lowest BCUT2D eigenvalue weighted by atomic mass is 9.89. The summed E-state index contributed by atoms with van der Waals surface area (Å²) in [5.41, 5.74) is 8.01. The average molecular weight is 346 g/mol. The van der Waals surface area contributed by atoms with Gasteiger partial charge in [-0.1, -0.05) is 52.7 Å². The molecule has 1 nitrogen and oxygen atoms in total. The molecule has 0 spiro atoms. The molecule has 0 heterocycles. The molecule has 0 saturated heterocycles. The van der Waals surface area contributed by atoms with Crippen molar-refractivity contribution in [1.82, 2.24) is 5.32 Å². The van der Waals surface area contributed by atoms with E-state index in [1.54, 1.807) is 0 Å². The van der Waals surface area contributed by atoms with Gasteiger partial charge >= 0.3 is 0 Å². The summed E-state index contributed by atoms with van der Waals surface area (Å²) >= 11 is 3.74. The predicted octanol–water partition coefficient (Wildman–Crippen LogP) is 5.38. The molecule has 0 aliphatic heterocycles. The van der Waals surface area contributed by atoms with Gasteiger partial charge in [-0.3, -0.25) is 0 Å². The zero-order chi connectivity index (χ0) is 15.6. The van der Waals surface area contributed by atoms with E-state index >= 15 is 0 Å². The van der Waals surface area contributed by atoms with Crippen molar-refractivity contribution < 1.29 is 0 Å². The lowest BCUT2D eigenvalue weighted by Crippen LogP contribution is -2.24. The molecule has 21 heavy (non-hydrogen) atoms. The van der Waals surface area contributed by atoms with E-state index in [1.807, 2.05) is 0 Å². The van der Waals surface area contributed by atoms with Gasteiger partial charge in [0.05, 0.1) is 6.04 Å². The first-order chi connectivity index (χ1) is 9.93. The van der Waals surface area contributed by atoms with Crippen LogP contribution in [0.15, 0.2) is 34.8 Å². The second-order valence-corrected chi connectivity index (χ2v) is 6.68. The van der Waals surface area contributed by atoms with E-state index in [1.165, 1.54) is 37.9 Å². The second-order valence-electron chi connectivity index (χ2n) is 5.83. The normalized spacial score (nSPS) is 12.5. The molecule has 1 unspecified atom stereocenters. The molecular weight excluding hydrogens is 322 g/mol. The van der Waals surface area contributed by atoms with Crippen LogP contribution in [0.5, 0.6) is 0 Å². The number of halogens is 1. The summed E-state index contributed by atoms with van der Waals surface area (Å²) in [6, 6.07) is 11.4. The zero-order valence-corrected chi connectivity index (χ0v) is 15.1. The highest BCUT2D eigenvalue weighted by Crippen LogP contribution is 2.33. The van der Waals surface area contributed by atoms with Crippen LogP contribution in [0.25, 0.3) is 0 Å². The Bertz CT molecular complexity index is 623.